The van der Waals surface area contributed by atoms with Crippen LogP contribution >= 0.6 is 7.14 Å². The molecule has 0 spiro atoms. The maximum Gasteiger partial charge on any atom is 0.416 e. The van der Waals surface area contributed by atoms with Crippen molar-refractivity contribution in [3.63, 3.8) is 0 Å². The van der Waals surface area contributed by atoms with Crippen LogP contribution in [0.1, 0.15) is 11.1 Å². The van der Waals surface area contributed by atoms with Crippen LogP contribution in [0.4, 0.5) is 26.3 Å². The zero-order valence-electron chi connectivity index (χ0n) is 21.7. The van der Waals surface area contributed by atoms with Crippen LogP contribution in [0.25, 0.3) is 32.7 Å². The number of hydrogen-bond donors (Lipinski definition) is 0. The summed E-state index contributed by atoms with van der Waals surface area (Å²) in [5.41, 5.74) is -0.929. The van der Waals surface area contributed by atoms with Crippen molar-refractivity contribution < 1.29 is 30.9 Å². The molecule has 0 saturated carbocycles. The van der Waals surface area contributed by atoms with Gasteiger partial charge in [-0.1, -0.05) is 97.1 Å². The van der Waals surface area contributed by atoms with Crippen molar-refractivity contribution >= 4 is 44.6 Å². The highest BCUT2D eigenvalue weighted by Crippen LogP contribution is 2.49. The second-order valence-corrected chi connectivity index (χ2v) is 12.6. The van der Waals surface area contributed by atoms with Gasteiger partial charge in [0.15, 0.2) is 7.14 Å². The fraction of sp³-hybridized carbons (Fsp3) is 0.0588. The van der Waals surface area contributed by atoms with E-state index >= 15 is 4.57 Å². The van der Waals surface area contributed by atoms with E-state index in [0.29, 0.717) is 16.5 Å². The second-order valence-electron chi connectivity index (χ2n) is 9.91. The van der Waals surface area contributed by atoms with Crippen LogP contribution in [-0.2, 0) is 16.9 Å². The van der Waals surface area contributed by atoms with Crippen LogP contribution < -0.4 is 15.9 Å². The second kappa shape index (κ2) is 10.2. The molecule has 0 aromatic heterocycles. The number of fused-ring (bicyclic) bond motifs is 2. The van der Waals surface area contributed by atoms with E-state index in [1.165, 1.54) is 12.1 Å². The summed E-state index contributed by atoms with van der Waals surface area (Å²) in [5.74, 6) is 0. The maximum absolute atomic E-state index is 15.6. The minimum Gasteiger partial charge on any atom is -0.309 e. The molecule has 1 nitrogen and oxygen atoms in total. The molecule has 0 aliphatic carbocycles. The van der Waals surface area contributed by atoms with Gasteiger partial charge in [0.05, 0.1) is 11.1 Å². The molecule has 0 fully saturated rings. The summed E-state index contributed by atoms with van der Waals surface area (Å²) in [6.07, 6.45) is -9.51. The first kappa shape index (κ1) is 27.8. The van der Waals surface area contributed by atoms with E-state index < -0.39 is 30.6 Å². The highest BCUT2D eigenvalue weighted by Gasteiger charge is 2.39. The molecule has 6 aromatic rings. The topological polar surface area (TPSA) is 17.1 Å². The molecular weight excluding hydrogens is 569 g/mol. The lowest BCUT2D eigenvalue weighted by molar-refractivity contribution is -0.138. The SMILES string of the molecule is O=P(c1cccc(C(F)(F)F)c1)(c1cccc(C(F)(F)F)c1)c1ccc2ccccc2c1-c1cccc2ccccc12. The fourth-order valence-electron chi connectivity index (χ4n) is 5.43. The Morgan fingerprint density at radius 3 is 1.52 bits per heavy atom. The summed E-state index contributed by atoms with van der Waals surface area (Å²) in [6.45, 7) is 0. The van der Waals surface area contributed by atoms with Crippen molar-refractivity contribution in [3.8, 4) is 11.1 Å². The van der Waals surface area contributed by atoms with Crippen molar-refractivity contribution in [2.45, 2.75) is 12.4 Å². The minimum atomic E-state index is -4.75. The number of rotatable bonds is 4. The van der Waals surface area contributed by atoms with Crippen LogP contribution in [0, 0.1) is 0 Å². The van der Waals surface area contributed by atoms with Gasteiger partial charge in [-0.2, -0.15) is 26.3 Å². The van der Waals surface area contributed by atoms with E-state index in [1.807, 2.05) is 60.7 Å². The first-order valence-corrected chi connectivity index (χ1v) is 14.6. The summed E-state index contributed by atoms with van der Waals surface area (Å²) in [7, 11) is -4.35. The lowest BCUT2D eigenvalue weighted by atomic mass is 9.94. The summed E-state index contributed by atoms with van der Waals surface area (Å²) in [6, 6.07) is 31.7. The number of hydrogen-bond acceptors (Lipinski definition) is 1. The van der Waals surface area contributed by atoms with Gasteiger partial charge >= 0.3 is 12.4 Å². The van der Waals surface area contributed by atoms with Gasteiger partial charge in [-0.05, 0) is 57.4 Å². The third kappa shape index (κ3) is 4.78. The van der Waals surface area contributed by atoms with E-state index in [1.54, 1.807) is 18.2 Å². The Morgan fingerprint density at radius 1 is 0.476 bits per heavy atom. The Kier molecular flexibility index (Phi) is 6.74. The molecule has 0 aliphatic rings. The van der Waals surface area contributed by atoms with Gasteiger partial charge < -0.3 is 4.57 Å². The van der Waals surface area contributed by atoms with Crippen molar-refractivity contribution in [1.82, 2.24) is 0 Å². The molecule has 0 unspecified atom stereocenters. The number of benzene rings is 6. The Hall–Kier alpha value is -4.35. The molecule has 6 rings (SSSR count). The molecule has 0 aliphatic heterocycles. The van der Waals surface area contributed by atoms with Gasteiger partial charge in [0.1, 0.15) is 0 Å². The van der Waals surface area contributed by atoms with E-state index in [9.17, 15) is 26.3 Å². The van der Waals surface area contributed by atoms with Crippen molar-refractivity contribution in [2.24, 2.45) is 0 Å². The first-order chi connectivity index (χ1) is 20.0. The molecule has 42 heavy (non-hydrogen) atoms. The van der Waals surface area contributed by atoms with E-state index in [4.69, 9.17) is 0 Å². The standard InChI is InChI=1S/C34H21F6OP/c35-33(36,37)24-11-6-13-26(20-24)42(41,27-14-7-12-25(21-27)34(38,39)40)31-19-18-23-9-2-4-16-29(23)32(31)30-17-5-10-22-8-1-3-15-28(22)30/h1-21H. The largest absolute Gasteiger partial charge is 0.416 e. The molecule has 210 valence electrons. The van der Waals surface area contributed by atoms with E-state index in [0.717, 1.165) is 52.6 Å². The summed E-state index contributed by atoms with van der Waals surface area (Å²) >= 11 is 0. The summed E-state index contributed by atoms with van der Waals surface area (Å²) in [5, 5.41) is 2.85. The Morgan fingerprint density at radius 2 is 0.952 bits per heavy atom. The number of halogens is 6. The van der Waals surface area contributed by atoms with Crippen LogP contribution in [0.5, 0.6) is 0 Å². The van der Waals surface area contributed by atoms with E-state index in [2.05, 4.69) is 0 Å². The smallest absolute Gasteiger partial charge is 0.309 e. The third-order valence-corrected chi connectivity index (χ3v) is 10.4. The van der Waals surface area contributed by atoms with Crippen LogP contribution in [0.2, 0.25) is 0 Å². The van der Waals surface area contributed by atoms with Crippen LogP contribution in [-0.4, -0.2) is 0 Å². The zero-order valence-corrected chi connectivity index (χ0v) is 22.6. The molecule has 8 heteroatoms. The van der Waals surface area contributed by atoms with Crippen LogP contribution in [0.15, 0.2) is 127 Å². The van der Waals surface area contributed by atoms with Gasteiger partial charge in [0, 0.05) is 21.5 Å². The normalized spacial score (nSPS) is 12.6. The van der Waals surface area contributed by atoms with Crippen molar-refractivity contribution in [3.05, 3.63) is 139 Å². The summed E-state index contributed by atoms with van der Waals surface area (Å²) in [4.78, 5) is 0. The quantitative estimate of drug-likeness (QED) is 0.148. The fourth-order valence-corrected chi connectivity index (χ4v) is 8.36. The molecule has 0 radical (unpaired) electrons. The first-order valence-electron chi connectivity index (χ1n) is 12.9. The average molecular weight is 591 g/mol. The molecule has 0 heterocycles. The van der Waals surface area contributed by atoms with Gasteiger partial charge in [0.2, 0.25) is 0 Å². The van der Waals surface area contributed by atoms with Crippen molar-refractivity contribution in [2.75, 3.05) is 0 Å². The average Bonchev–Trinajstić information content (AvgIpc) is 2.99. The predicted octanol–water partition coefficient (Wildman–Crippen LogP) is 9.34. The van der Waals surface area contributed by atoms with Gasteiger partial charge in [-0.15, -0.1) is 0 Å². The van der Waals surface area contributed by atoms with E-state index in [-0.39, 0.29) is 15.9 Å². The zero-order chi connectivity index (χ0) is 29.7. The molecular formula is C34H21F6OP. The Bertz CT molecular complexity index is 1940. The summed E-state index contributed by atoms with van der Waals surface area (Å²) < 4.78 is 98.8. The van der Waals surface area contributed by atoms with Gasteiger partial charge in [-0.25, -0.2) is 0 Å². The van der Waals surface area contributed by atoms with Crippen LogP contribution in [0.3, 0.4) is 0 Å². The Balaban J connectivity index is 1.78. The minimum absolute atomic E-state index is 0.149. The lowest BCUT2D eigenvalue weighted by Crippen LogP contribution is -2.28. The molecule has 0 amide bonds. The molecule has 0 atom stereocenters. The highest BCUT2D eigenvalue weighted by atomic mass is 31.2. The predicted molar refractivity (Wildman–Crippen MR) is 156 cm³/mol. The lowest BCUT2D eigenvalue weighted by Gasteiger charge is -2.26. The number of alkyl halides is 6. The molecule has 0 saturated heterocycles. The monoisotopic (exact) mass is 590 g/mol. The highest BCUT2D eigenvalue weighted by molar-refractivity contribution is 7.85. The third-order valence-electron chi connectivity index (χ3n) is 7.38. The molecule has 6 aromatic carbocycles. The molecule has 0 bridgehead atoms. The van der Waals surface area contributed by atoms with Gasteiger partial charge in [0.25, 0.3) is 0 Å². The molecule has 0 N–H and O–H groups in total. The van der Waals surface area contributed by atoms with Gasteiger partial charge in [-0.3, -0.25) is 0 Å². The maximum atomic E-state index is 15.6. The Labute approximate surface area is 237 Å². The van der Waals surface area contributed by atoms with Crippen molar-refractivity contribution in [1.29, 1.82) is 0 Å².